The van der Waals surface area contributed by atoms with Crippen LogP contribution in [0.5, 0.6) is 11.5 Å². The van der Waals surface area contributed by atoms with Crippen molar-refractivity contribution in [3.05, 3.63) is 23.3 Å². The number of phenolic OH excluding ortho intramolecular Hbond substituents is 1. The molecule has 1 spiro atoms. The molecule has 32 heavy (non-hydrogen) atoms. The fourth-order valence-electron chi connectivity index (χ4n) is 7.73. The number of phenols is 1. The number of methoxy groups -OCH3 is 1. The number of aromatic hydroxyl groups is 1. The molecule has 0 amide bonds. The first-order valence-corrected chi connectivity index (χ1v) is 12.2. The van der Waals surface area contributed by atoms with Crippen LogP contribution >= 0.6 is 0 Å². The summed E-state index contributed by atoms with van der Waals surface area (Å²) in [5, 5.41) is 23.6. The zero-order chi connectivity index (χ0) is 22.3. The van der Waals surface area contributed by atoms with Crippen molar-refractivity contribution in [1.82, 2.24) is 10.2 Å². The van der Waals surface area contributed by atoms with Gasteiger partial charge in [0, 0.05) is 37.3 Å². The molecule has 6 rings (SSSR count). The second kappa shape index (κ2) is 7.08. The van der Waals surface area contributed by atoms with E-state index in [2.05, 4.69) is 16.3 Å². The summed E-state index contributed by atoms with van der Waals surface area (Å²) >= 11 is 0. The van der Waals surface area contributed by atoms with Crippen molar-refractivity contribution >= 4 is 5.97 Å². The smallest absolute Gasteiger partial charge is 0.304 e. The number of likely N-dealkylation sites (tertiary alicyclic amines) is 1. The Morgan fingerprint density at radius 3 is 2.88 bits per heavy atom. The number of rotatable bonds is 7. The summed E-state index contributed by atoms with van der Waals surface area (Å²) in [7, 11) is 1.86. The molecule has 1 aromatic rings. The predicted molar refractivity (Wildman–Crippen MR) is 118 cm³/mol. The molecule has 3 N–H and O–H groups in total. The Hall–Kier alpha value is -1.83. The minimum absolute atomic E-state index is 0.0148. The van der Waals surface area contributed by atoms with Crippen molar-refractivity contribution in [2.75, 3.05) is 20.2 Å². The van der Waals surface area contributed by atoms with Gasteiger partial charge in [-0.15, -0.1) is 0 Å². The Labute approximate surface area is 189 Å². The predicted octanol–water partition coefficient (Wildman–Crippen LogP) is 2.43. The molecule has 0 aromatic heterocycles. The van der Waals surface area contributed by atoms with Gasteiger partial charge in [-0.25, -0.2) is 0 Å². The SMILES string of the molecule is CO[C@@]12CC[C@H](NC(C)CC(=O)O)[C@@H]3Oc4c(O)ccc5c4C31CCN(CC1CC1)C2C5. The molecule has 1 aromatic carbocycles. The first-order valence-electron chi connectivity index (χ1n) is 12.2. The van der Waals surface area contributed by atoms with Gasteiger partial charge >= 0.3 is 5.97 Å². The molecule has 2 aliphatic heterocycles. The van der Waals surface area contributed by atoms with E-state index in [1.807, 2.05) is 14.0 Å². The van der Waals surface area contributed by atoms with E-state index in [0.29, 0.717) is 11.8 Å². The van der Waals surface area contributed by atoms with E-state index < -0.39 is 5.97 Å². The maximum Gasteiger partial charge on any atom is 0.304 e. The van der Waals surface area contributed by atoms with Gasteiger partial charge in [0.05, 0.1) is 17.4 Å². The maximum absolute atomic E-state index is 11.3. The minimum atomic E-state index is -0.799. The van der Waals surface area contributed by atoms with Gasteiger partial charge in [0.25, 0.3) is 0 Å². The molecule has 3 fully saturated rings. The van der Waals surface area contributed by atoms with Crippen molar-refractivity contribution in [2.45, 2.75) is 87.1 Å². The van der Waals surface area contributed by atoms with Crippen LogP contribution in [0.15, 0.2) is 12.1 Å². The van der Waals surface area contributed by atoms with Gasteiger partial charge in [-0.3, -0.25) is 9.69 Å². The largest absolute Gasteiger partial charge is 0.504 e. The molecule has 2 heterocycles. The maximum atomic E-state index is 11.3. The summed E-state index contributed by atoms with van der Waals surface area (Å²) in [6, 6.07) is 4.02. The van der Waals surface area contributed by atoms with E-state index in [1.54, 1.807) is 6.07 Å². The van der Waals surface area contributed by atoms with Crippen LogP contribution in [0.3, 0.4) is 0 Å². The summed E-state index contributed by atoms with van der Waals surface area (Å²) in [6.07, 6.45) is 6.19. The second-order valence-electron chi connectivity index (χ2n) is 10.8. The number of ether oxygens (including phenoxy) is 2. The van der Waals surface area contributed by atoms with E-state index >= 15 is 0 Å². The summed E-state index contributed by atoms with van der Waals surface area (Å²) < 4.78 is 13.2. The monoisotopic (exact) mass is 442 g/mol. The topological polar surface area (TPSA) is 91.3 Å². The third-order valence-electron chi connectivity index (χ3n) is 9.07. The number of hydrogen-bond acceptors (Lipinski definition) is 6. The van der Waals surface area contributed by atoms with Crippen molar-refractivity contribution in [3.8, 4) is 11.5 Å². The number of carboxylic acids is 1. The summed E-state index contributed by atoms with van der Waals surface area (Å²) in [6.45, 7) is 4.09. The fraction of sp³-hybridized carbons (Fsp3) is 0.720. The highest BCUT2D eigenvalue weighted by atomic mass is 16.5. The lowest BCUT2D eigenvalue weighted by molar-refractivity contribution is -0.208. The van der Waals surface area contributed by atoms with Gasteiger partial charge in [-0.05, 0) is 69.5 Å². The molecule has 174 valence electrons. The normalized spacial score (nSPS) is 38.1. The Bertz CT molecular complexity index is 949. The van der Waals surface area contributed by atoms with E-state index in [4.69, 9.17) is 9.47 Å². The summed E-state index contributed by atoms with van der Waals surface area (Å²) in [4.78, 5) is 14.0. The molecule has 1 saturated heterocycles. The zero-order valence-corrected chi connectivity index (χ0v) is 19.0. The lowest BCUT2D eigenvalue weighted by atomic mass is 9.48. The minimum Gasteiger partial charge on any atom is -0.504 e. The van der Waals surface area contributed by atoms with E-state index in [0.717, 1.165) is 50.3 Å². The molecular weight excluding hydrogens is 408 g/mol. The number of carboxylic acid groups (broad SMARTS) is 1. The number of aliphatic carboxylic acids is 1. The van der Waals surface area contributed by atoms with Gasteiger partial charge in [-0.1, -0.05) is 6.07 Å². The number of piperidine rings is 1. The van der Waals surface area contributed by atoms with E-state index in [-0.39, 0.29) is 41.4 Å². The van der Waals surface area contributed by atoms with Gasteiger partial charge in [0.2, 0.25) is 0 Å². The van der Waals surface area contributed by atoms with E-state index in [1.165, 1.54) is 18.4 Å². The molecule has 3 unspecified atom stereocenters. The van der Waals surface area contributed by atoms with E-state index in [9.17, 15) is 15.0 Å². The van der Waals surface area contributed by atoms with Crippen LogP contribution in [0, 0.1) is 5.92 Å². The van der Waals surface area contributed by atoms with Crippen LogP contribution in [0.25, 0.3) is 0 Å². The van der Waals surface area contributed by atoms with Crippen molar-refractivity contribution in [2.24, 2.45) is 5.92 Å². The Balaban J connectivity index is 1.45. The second-order valence-corrected chi connectivity index (χ2v) is 10.8. The van der Waals surface area contributed by atoms with Gasteiger partial charge in [0.1, 0.15) is 6.10 Å². The number of hydrogen-bond donors (Lipinski definition) is 3. The van der Waals surface area contributed by atoms with Crippen LogP contribution < -0.4 is 10.1 Å². The highest BCUT2D eigenvalue weighted by Gasteiger charge is 2.73. The van der Waals surface area contributed by atoms with Crippen molar-refractivity contribution in [3.63, 3.8) is 0 Å². The number of benzene rings is 1. The van der Waals surface area contributed by atoms with Crippen LogP contribution in [0.1, 0.15) is 56.6 Å². The third-order valence-corrected chi connectivity index (χ3v) is 9.07. The Morgan fingerprint density at radius 2 is 2.16 bits per heavy atom. The molecule has 7 heteroatoms. The Morgan fingerprint density at radius 1 is 1.34 bits per heavy atom. The number of nitrogens with one attached hydrogen (secondary N) is 1. The standard InChI is InChI=1S/C25H34N2O5/c1-14(11-20(29)30)26-17-7-8-25(31-2)19-12-16-5-6-18(28)22-21(16)24(25,23(17)32-22)9-10-27(19)13-15-3-4-15/h5-6,14-15,17,19,23,26,28H,3-4,7-13H2,1-2H3,(H,29,30)/t14?,17-,19?,23-,24?,25+/m0/s1. The highest BCUT2D eigenvalue weighted by Crippen LogP contribution is 2.66. The zero-order valence-electron chi connectivity index (χ0n) is 19.0. The van der Waals surface area contributed by atoms with Crippen LogP contribution in [-0.2, 0) is 21.4 Å². The highest BCUT2D eigenvalue weighted by molar-refractivity contribution is 5.67. The van der Waals surface area contributed by atoms with Crippen LogP contribution in [0.4, 0.5) is 0 Å². The molecule has 0 radical (unpaired) electrons. The molecule has 2 saturated carbocycles. The first kappa shape index (κ1) is 20.8. The van der Waals surface area contributed by atoms with Gasteiger partial charge < -0.3 is 25.0 Å². The van der Waals surface area contributed by atoms with Gasteiger partial charge in [0.15, 0.2) is 11.5 Å². The number of nitrogens with zero attached hydrogens (tertiary/aromatic N) is 1. The third kappa shape index (κ3) is 2.68. The lowest BCUT2D eigenvalue weighted by Gasteiger charge is -2.66. The van der Waals surface area contributed by atoms with Crippen LogP contribution in [-0.4, -0.2) is 71.1 Å². The van der Waals surface area contributed by atoms with Crippen molar-refractivity contribution < 1.29 is 24.5 Å². The Kier molecular flexibility index (Phi) is 4.59. The average molecular weight is 443 g/mol. The molecule has 6 atom stereocenters. The summed E-state index contributed by atoms with van der Waals surface area (Å²) in [5.41, 5.74) is 1.75. The fourth-order valence-corrected chi connectivity index (χ4v) is 7.73. The molecule has 5 aliphatic rings. The average Bonchev–Trinajstić information content (AvgIpc) is 3.49. The summed E-state index contributed by atoms with van der Waals surface area (Å²) in [5.74, 6) is 0.850. The quantitative estimate of drug-likeness (QED) is 0.597. The molecular formula is C25H34N2O5. The molecule has 7 nitrogen and oxygen atoms in total. The first-order chi connectivity index (χ1) is 15.4. The molecule has 2 bridgehead atoms. The molecule has 3 aliphatic carbocycles. The van der Waals surface area contributed by atoms with Crippen molar-refractivity contribution in [1.29, 1.82) is 0 Å². The lowest BCUT2D eigenvalue weighted by Crippen LogP contribution is -2.78. The van der Waals surface area contributed by atoms with Gasteiger partial charge in [-0.2, -0.15) is 0 Å². The number of carbonyl (C=O) groups is 1. The van der Waals surface area contributed by atoms with Crippen LogP contribution in [0.2, 0.25) is 0 Å².